The maximum absolute atomic E-state index is 15.3. The number of hydrogen-bond donors (Lipinski definition) is 3. The number of aryl methyl sites for hydroxylation is 2. The molecule has 0 amide bonds. The van der Waals surface area contributed by atoms with Crippen LogP contribution in [0.5, 0.6) is 5.88 Å². The molecule has 0 radical (unpaired) electrons. The molecule has 11 nitrogen and oxygen atoms in total. The van der Waals surface area contributed by atoms with E-state index in [4.69, 9.17) is 0 Å². The Morgan fingerprint density at radius 3 is 1.96 bits per heavy atom. The van der Waals surface area contributed by atoms with Crippen molar-refractivity contribution in [2.45, 2.75) is 136 Å². The van der Waals surface area contributed by atoms with Crippen molar-refractivity contribution in [2.24, 2.45) is 0 Å². The van der Waals surface area contributed by atoms with Gasteiger partial charge < -0.3 is 20.2 Å². The molecule has 11 heteroatoms. The number of aliphatic carboxylic acids is 2. The van der Waals surface area contributed by atoms with Crippen molar-refractivity contribution in [1.29, 1.82) is 0 Å². The molecular weight excluding hydrogens is 865 g/mol. The fourth-order valence-electron chi connectivity index (χ4n) is 11.2. The second-order valence-electron chi connectivity index (χ2n) is 19.3. The summed E-state index contributed by atoms with van der Waals surface area (Å²) in [4.78, 5) is 56.2. The number of carbonyl (C=O) groups is 2. The quantitative estimate of drug-likeness (QED) is 0.0695. The molecule has 0 bridgehead atoms. The highest BCUT2D eigenvalue weighted by atomic mass is 16.4. The second-order valence-corrected chi connectivity index (χ2v) is 19.3. The van der Waals surface area contributed by atoms with Crippen molar-refractivity contribution >= 4 is 56.1 Å². The minimum Gasteiger partial charge on any atom is -0.494 e. The number of hydrogen-bond acceptors (Lipinski definition) is 6. The third-order valence-electron chi connectivity index (χ3n) is 14.9. The molecule has 4 aromatic carbocycles. The number of aromatic nitrogens is 2. The van der Waals surface area contributed by atoms with Gasteiger partial charge in [0.15, 0.2) is 12.3 Å². The molecule has 2 saturated carbocycles. The van der Waals surface area contributed by atoms with Crippen molar-refractivity contribution in [3.8, 4) is 5.88 Å². The van der Waals surface area contributed by atoms with E-state index < -0.39 is 23.2 Å². The molecule has 2 fully saturated rings. The lowest BCUT2D eigenvalue weighted by Gasteiger charge is -2.31. The lowest BCUT2D eigenvalue weighted by atomic mass is 9.83. The number of aromatic hydroxyl groups is 1. The first-order chi connectivity index (χ1) is 33.3. The SMILES string of the molecule is CC(/C=C/C1=C(c2c(O)n(C3CCCCC3)c(=O)n(C3CCCCC3)c2=O)C(=C/C=C(\C)N(CCC(=O)O)c2ccc3ccccc3c2C)/CCC1)=[N+](CCC(=O)O)c1ccc2ccccc2c1C. The van der Waals surface area contributed by atoms with Gasteiger partial charge in [-0.3, -0.25) is 23.5 Å². The summed E-state index contributed by atoms with van der Waals surface area (Å²) in [5.74, 6) is -2.09. The van der Waals surface area contributed by atoms with E-state index in [0.717, 1.165) is 137 Å². The molecule has 1 aromatic heterocycles. The average molecular weight is 932 g/mol. The van der Waals surface area contributed by atoms with E-state index in [-0.39, 0.29) is 49.5 Å². The Kier molecular flexibility index (Phi) is 15.3. The van der Waals surface area contributed by atoms with Gasteiger partial charge >= 0.3 is 17.6 Å². The zero-order valence-corrected chi connectivity index (χ0v) is 40.7. The van der Waals surface area contributed by atoms with Gasteiger partial charge in [-0.2, -0.15) is 4.58 Å². The third-order valence-corrected chi connectivity index (χ3v) is 14.9. The fraction of sp³-hybridized carbons (Fsp3) is 0.397. The third kappa shape index (κ3) is 10.5. The highest BCUT2D eigenvalue weighted by molar-refractivity contribution is 5.94. The summed E-state index contributed by atoms with van der Waals surface area (Å²) in [5.41, 5.74) is 6.98. The first kappa shape index (κ1) is 48.7. The summed E-state index contributed by atoms with van der Waals surface area (Å²) in [6.07, 6.45) is 18.5. The van der Waals surface area contributed by atoms with Gasteiger partial charge in [0.05, 0.1) is 6.42 Å². The largest absolute Gasteiger partial charge is 0.494 e. The molecule has 0 saturated heterocycles. The molecule has 0 unspecified atom stereocenters. The van der Waals surface area contributed by atoms with Gasteiger partial charge in [0.25, 0.3) is 5.56 Å². The van der Waals surface area contributed by atoms with E-state index in [1.807, 2.05) is 84.0 Å². The first-order valence-corrected chi connectivity index (χ1v) is 25.0. The fourth-order valence-corrected chi connectivity index (χ4v) is 11.2. The van der Waals surface area contributed by atoms with E-state index in [9.17, 15) is 29.7 Å². The predicted molar refractivity (Wildman–Crippen MR) is 277 cm³/mol. The zero-order valence-electron chi connectivity index (χ0n) is 40.7. The summed E-state index contributed by atoms with van der Waals surface area (Å²) in [5, 5.41) is 36.7. The number of rotatable bonds is 15. The number of carboxylic acids is 2. The molecule has 360 valence electrons. The standard InChI is InChI=1S/C58H66N4O7/c1-38(59(36-34-52(63)64)50-32-30-42-16-11-13-24-48(42)40(50)3)26-28-44-18-15-19-45(29-27-39(2)60(37-35-53(65)66)51-33-31-43-17-12-14-25-49(43)41(51)4)54(44)55-56(67)61(46-20-7-5-8-21-46)58(69)62(57(55)68)47-22-9-6-10-23-47/h11-14,16-17,24-33,46-47H,5-10,15,18-23,34-37H2,1-4H3,(H2,63,64,65,66)/p+1/b38-26+,44-28+. The highest BCUT2D eigenvalue weighted by Crippen LogP contribution is 2.42. The van der Waals surface area contributed by atoms with Gasteiger partial charge in [-0.05, 0) is 128 Å². The molecule has 5 aromatic rings. The number of benzene rings is 4. The van der Waals surface area contributed by atoms with E-state index in [1.165, 1.54) is 9.13 Å². The van der Waals surface area contributed by atoms with Gasteiger partial charge in [0.2, 0.25) is 11.6 Å². The van der Waals surface area contributed by atoms with Gasteiger partial charge in [0.1, 0.15) is 12.0 Å². The summed E-state index contributed by atoms with van der Waals surface area (Å²) in [6.45, 7) is 8.52. The smallest absolute Gasteiger partial charge is 0.334 e. The van der Waals surface area contributed by atoms with E-state index in [0.29, 0.717) is 18.4 Å². The predicted octanol–water partition coefficient (Wildman–Crippen LogP) is 12.2. The van der Waals surface area contributed by atoms with Crippen LogP contribution in [0.25, 0.3) is 27.1 Å². The van der Waals surface area contributed by atoms with Crippen LogP contribution in [0.4, 0.5) is 11.4 Å². The van der Waals surface area contributed by atoms with Gasteiger partial charge in [-0.25, -0.2) is 4.79 Å². The molecule has 1 heterocycles. The van der Waals surface area contributed by atoms with Crippen molar-refractivity contribution < 1.29 is 29.5 Å². The lowest BCUT2D eigenvalue weighted by molar-refractivity contribution is -0.439. The van der Waals surface area contributed by atoms with Crippen LogP contribution in [-0.4, -0.2) is 59.8 Å². The maximum Gasteiger partial charge on any atom is 0.334 e. The van der Waals surface area contributed by atoms with Crippen LogP contribution in [0.1, 0.15) is 139 Å². The van der Waals surface area contributed by atoms with Crippen LogP contribution in [0.15, 0.2) is 124 Å². The van der Waals surface area contributed by atoms with E-state index in [2.05, 4.69) is 50.2 Å². The van der Waals surface area contributed by atoms with Crippen molar-refractivity contribution in [1.82, 2.24) is 9.13 Å². The van der Waals surface area contributed by atoms with Crippen LogP contribution in [0, 0.1) is 13.8 Å². The summed E-state index contributed by atoms with van der Waals surface area (Å²) < 4.78 is 5.04. The maximum atomic E-state index is 15.3. The zero-order chi connectivity index (χ0) is 48.8. The minimum absolute atomic E-state index is 0.0799. The molecule has 3 N–H and O–H groups in total. The number of carboxylic acid groups (broad SMARTS) is 2. The van der Waals surface area contributed by atoms with E-state index >= 15 is 4.79 Å². The Bertz CT molecular complexity index is 3060. The van der Waals surface area contributed by atoms with Gasteiger partial charge in [-0.1, -0.05) is 105 Å². The Hall–Kier alpha value is -6.75. The summed E-state index contributed by atoms with van der Waals surface area (Å²) in [7, 11) is 0. The molecule has 0 spiro atoms. The molecular formula is C58H67N4O7+. The van der Waals surface area contributed by atoms with Gasteiger partial charge in [-0.15, -0.1) is 0 Å². The Balaban J connectivity index is 1.35. The van der Waals surface area contributed by atoms with Crippen molar-refractivity contribution in [2.75, 3.05) is 18.0 Å². The highest BCUT2D eigenvalue weighted by Gasteiger charge is 2.33. The van der Waals surface area contributed by atoms with Crippen LogP contribution in [0.2, 0.25) is 0 Å². The number of fused-ring (bicyclic) bond motifs is 2. The summed E-state index contributed by atoms with van der Waals surface area (Å²) >= 11 is 0. The molecule has 0 atom stereocenters. The lowest BCUT2D eigenvalue weighted by Crippen LogP contribution is -2.45. The summed E-state index contributed by atoms with van der Waals surface area (Å²) in [6, 6.07) is 24.0. The van der Waals surface area contributed by atoms with Gasteiger partial charge in [0, 0.05) is 54.6 Å². The van der Waals surface area contributed by atoms with Crippen LogP contribution >= 0.6 is 0 Å². The molecule has 69 heavy (non-hydrogen) atoms. The normalized spacial score (nSPS) is 17.6. The Labute approximate surface area is 404 Å². The first-order valence-electron chi connectivity index (χ1n) is 25.0. The minimum atomic E-state index is -0.902. The van der Waals surface area contributed by atoms with Crippen LogP contribution in [0.3, 0.4) is 0 Å². The monoisotopic (exact) mass is 932 g/mol. The average Bonchev–Trinajstić information content (AvgIpc) is 3.35. The topological polar surface area (TPSA) is 145 Å². The Morgan fingerprint density at radius 1 is 0.725 bits per heavy atom. The molecule has 3 aliphatic rings. The van der Waals surface area contributed by atoms with Crippen molar-refractivity contribution in [3.05, 3.63) is 151 Å². The van der Waals surface area contributed by atoms with E-state index in [1.54, 1.807) is 0 Å². The Morgan fingerprint density at radius 2 is 1.32 bits per heavy atom. The molecule has 0 aliphatic heterocycles. The van der Waals surface area contributed by atoms with Crippen molar-refractivity contribution in [3.63, 3.8) is 0 Å². The number of allylic oxidation sites excluding steroid dienone is 8. The molecule has 8 rings (SSSR count). The number of nitrogens with zero attached hydrogens (tertiary/aromatic N) is 4. The molecule has 3 aliphatic carbocycles. The second kappa shape index (κ2) is 21.7. The van der Waals surface area contributed by atoms with Crippen LogP contribution < -0.4 is 16.1 Å². The number of anilines is 1. The van der Waals surface area contributed by atoms with Crippen LogP contribution in [-0.2, 0) is 9.59 Å².